The monoisotopic (exact) mass is 263 g/mol. The van der Waals surface area contributed by atoms with E-state index in [2.05, 4.69) is 19.8 Å². The number of aromatic nitrogens is 2. The molecule has 3 heterocycles. The summed E-state index contributed by atoms with van der Waals surface area (Å²) in [7, 11) is 1.60. The van der Waals surface area contributed by atoms with Crippen molar-refractivity contribution < 1.29 is 4.74 Å². The second-order valence-corrected chi connectivity index (χ2v) is 5.26. The van der Waals surface area contributed by atoms with Crippen LogP contribution in [0.15, 0.2) is 6.07 Å². The number of piperazine rings is 1. The lowest BCUT2D eigenvalue weighted by atomic mass is 9.99. The van der Waals surface area contributed by atoms with Crippen molar-refractivity contribution >= 4 is 11.8 Å². The van der Waals surface area contributed by atoms with Crippen LogP contribution in [-0.2, 0) is 0 Å². The van der Waals surface area contributed by atoms with Gasteiger partial charge in [-0.2, -0.15) is 9.97 Å². The zero-order valence-corrected chi connectivity index (χ0v) is 11.4. The molecule has 1 aromatic rings. The molecule has 2 saturated heterocycles. The largest absolute Gasteiger partial charge is 0.481 e. The van der Waals surface area contributed by atoms with E-state index in [-0.39, 0.29) is 5.95 Å². The van der Waals surface area contributed by atoms with Gasteiger partial charge in [0.15, 0.2) is 0 Å². The van der Waals surface area contributed by atoms with Gasteiger partial charge in [-0.25, -0.2) is 0 Å². The minimum absolute atomic E-state index is 0.278. The smallest absolute Gasteiger partial charge is 0.225 e. The highest BCUT2D eigenvalue weighted by Crippen LogP contribution is 2.25. The minimum atomic E-state index is 0.278. The van der Waals surface area contributed by atoms with Crippen LogP contribution in [0.1, 0.15) is 19.3 Å². The van der Waals surface area contributed by atoms with Gasteiger partial charge in [-0.05, 0) is 19.4 Å². The van der Waals surface area contributed by atoms with Crippen molar-refractivity contribution in [1.82, 2.24) is 14.9 Å². The molecular formula is C13H21N5O. The van der Waals surface area contributed by atoms with Crippen LogP contribution in [0, 0.1) is 0 Å². The molecular weight excluding hydrogens is 242 g/mol. The summed E-state index contributed by atoms with van der Waals surface area (Å²) in [6, 6.07) is 2.53. The van der Waals surface area contributed by atoms with Crippen LogP contribution in [0.3, 0.4) is 0 Å². The standard InChI is InChI=1S/C13H21N5O/c1-19-12-8-11(15-13(14)16-12)18-7-6-17-5-3-2-4-10(17)9-18/h8,10H,2-7,9H2,1H3,(H2,14,15,16). The van der Waals surface area contributed by atoms with E-state index in [9.17, 15) is 0 Å². The Labute approximate surface area is 113 Å². The molecule has 0 spiro atoms. The summed E-state index contributed by atoms with van der Waals surface area (Å²) >= 11 is 0. The Bertz CT molecular complexity index is 453. The molecule has 1 unspecified atom stereocenters. The summed E-state index contributed by atoms with van der Waals surface area (Å²) in [6.45, 7) is 4.38. The van der Waals surface area contributed by atoms with E-state index in [1.807, 2.05) is 6.07 Å². The molecule has 19 heavy (non-hydrogen) atoms. The first-order valence-electron chi connectivity index (χ1n) is 6.94. The molecule has 104 valence electrons. The average Bonchev–Trinajstić information content (AvgIpc) is 2.46. The Balaban J connectivity index is 1.77. The predicted octanol–water partition coefficient (Wildman–Crippen LogP) is 0.742. The first kappa shape index (κ1) is 12.5. The summed E-state index contributed by atoms with van der Waals surface area (Å²) in [6.07, 6.45) is 3.96. The lowest BCUT2D eigenvalue weighted by molar-refractivity contribution is 0.133. The summed E-state index contributed by atoms with van der Waals surface area (Å²) in [4.78, 5) is 13.3. The van der Waals surface area contributed by atoms with E-state index in [1.54, 1.807) is 7.11 Å². The number of nitrogen functional groups attached to an aromatic ring is 1. The Morgan fingerprint density at radius 1 is 1.26 bits per heavy atom. The van der Waals surface area contributed by atoms with Crippen molar-refractivity contribution in [3.05, 3.63) is 6.07 Å². The van der Waals surface area contributed by atoms with Gasteiger partial charge >= 0.3 is 0 Å². The number of hydrogen-bond acceptors (Lipinski definition) is 6. The number of nitrogens with two attached hydrogens (primary N) is 1. The molecule has 2 fully saturated rings. The molecule has 2 aliphatic heterocycles. The summed E-state index contributed by atoms with van der Waals surface area (Å²) in [5.41, 5.74) is 5.73. The van der Waals surface area contributed by atoms with E-state index < -0.39 is 0 Å². The molecule has 0 radical (unpaired) electrons. The lowest BCUT2D eigenvalue weighted by Crippen LogP contribution is -2.55. The third-order valence-corrected chi connectivity index (χ3v) is 4.08. The number of hydrogen-bond donors (Lipinski definition) is 1. The Kier molecular flexibility index (Phi) is 3.42. The number of methoxy groups -OCH3 is 1. The number of rotatable bonds is 2. The third kappa shape index (κ3) is 2.58. The highest BCUT2D eigenvalue weighted by atomic mass is 16.5. The second kappa shape index (κ2) is 5.21. The first-order valence-corrected chi connectivity index (χ1v) is 6.94. The molecule has 6 heteroatoms. The van der Waals surface area contributed by atoms with Crippen LogP contribution >= 0.6 is 0 Å². The number of fused-ring (bicyclic) bond motifs is 1. The molecule has 0 amide bonds. The van der Waals surface area contributed by atoms with E-state index in [0.29, 0.717) is 11.9 Å². The second-order valence-electron chi connectivity index (χ2n) is 5.26. The Morgan fingerprint density at radius 2 is 2.16 bits per heavy atom. The van der Waals surface area contributed by atoms with Crippen LogP contribution < -0.4 is 15.4 Å². The van der Waals surface area contributed by atoms with Crippen LogP contribution in [-0.4, -0.2) is 54.2 Å². The van der Waals surface area contributed by atoms with E-state index in [4.69, 9.17) is 10.5 Å². The van der Waals surface area contributed by atoms with Gasteiger partial charge in [0, 0.05) is 31.7 Å². The molecule has 0 saturated carbocycles. The zero-order chi connectivity index (χ0) is 13.2. The zero-order valence-electron chi connectivity index (χ0n) is 11.4. The van der Waals surface area contributed by atoms with Gasteiger partial charge in [0.2, 0.25) is 11.8 Å². The molecule has 2 N–H and O–H groups in total. The Hall–Kier alpha value is -1.56. The quantitative estimate of drug-likeness (QED) is 0.849. The minimum Gasteiger partial charge on any atom is -0.481 e. The number of ether oxygens (including phenoxy) is 1. The first-order chi connectivity index (χ1) is 9.26. The van der Waals surface area contributed by atoms with Gasteiger partial charge in [0.25, 0.3) is 0 Å². The van der Waals surface area contributed by atoms with Gasteiger partial charge in [-0.1, -0.05) is 6.42 Å². The van der Waals surface area contributed by atoms with Crippen LogP contribution in [0.4, 0.5) is 11.8 Å². The third-order valence-electron chi connectivity index (χ3n) is 4.08. The van der Waals surface area contributed by atoms with Gasteiger partial charge in [0.05, 0.1) is 7.11 Å². The van der Waals surface area contributed by atoms with E-state index >= 15 is 0 Å². The highest BCUT2D eigenvalue weighted by molar-refractivity contribution is 5.46. The van der Waals surface area contributed by atoms with Crippen LogP contribution in [0.2, 0.25) is 0 Å². The van der Waals surface area contributed by atoms with Crippen molar-refractivity contribution in [2.24, 2.45) is 0 Å². The van der Waals surface area contributed by atoms with Gasteiger partial charge in [0.1, 0.15) is 5.82 Å². The van der Waals surface area contributed by atoms with Crippen molar-refractivity contribution in [2.75, 3.05) is 43.9 Å². The number of anilines is 2. The molecule has 6 nitrogen and oxygen atoms in total. The topological polar surface area (TPSA) is 67.5 Å². The molecule has 0 aromatic carbocycles. The van der Waals surface area contributed by atoms with E-state index in [0.717, 1.165) is 25.5 Å². The normalized spacial score (nSPS) is 24.1. The maximum Gasteiger partial charge on any atom is 0.225 e. The van der Waals surface area contributed by atoms with Crippen molar-refractivity contribution in [2.45, 2.75) is 25.3 Å². The highest BCUT2D eigenvalue weighted by Gasteiger charge is 2.29. The van der Waals surface area contributed by atoms with Crippen molar-refractivity contribution in [3.63, 3.8) is 0 Å². The molecule has 1 atom stereocenters. The Morgan fingerprint density at radius 3 is 3.00 bits per heavy atom. The fourth-order valence-corrected chi connectivity index (χ4v) is 3.06. The van der Waals surface area contributed by atoms with Crippen molar-refractivity contribution in [1.29, 1.82) is 0 Å². The predicted molar refractivity (Wildman–Crippen MR) is 74.4 cm³/mol. The molecule has 0 bridgehead atoms. The molecule has 2 aliphatic rings. The SMILES string of the molecule is COc1cc(N2CCN3CCCCC3C2)nc(N)n1. The fraction of sp³-hybridized carbons (Fsp3) is 0.692. The van der Waals surface area contributed by atoms with Crippen LogP contribution in [0.25, 0.3) is 0 Å². The summed E-state index contributed by atoms with van der Waals surface area (Å²) in [5, 5.41) is 0. The summed E-state index contributed by atoms with van der Waals surface area (Å²) in [5.74, 6) is 1.70. The van der Waals surface area contributed by atoms with Crippen LogP contribution in [0.5, 0.6) is 5.88 Å². The average molecular weight is 263 g/mol. The lowest BCUT2D eigenvalue weighted by Gasteiger charge is -2.44. The summed E-state index contributed by atoms with van der Waals surface area (Å²) < 4.78 is 5.16. The number of nitrogens with zero attached hydrogens (tertiary/aromatic N) is 4. The molecule has 1 aromatic heterocycles. The van der Waals surface area contributed by atoms with Crippen molar-refractivity contribution in [3.8, 4) is 5.88 Å². The van der Waals surface area contributed by atoms with Gasteiger partial charge in [-0.15, -0.1) is 0 Å². The molecule has 3 rings (SSSR count). The van der Waals surface area contributed by atoms with Gasteiger partial charge < -0.3 is 15.4 Å². The van der Waals surface area contributed by atoms with Gasteiger partial charge in [-0.3, -0.25) is 4.90 Å². The fourth-order valence-electron chi connectivity index (χ4n) is 3.06. The van der Waals surface area contributed by atoms with E-state index in [1.165, 1.54) is 25.8 Å². The maximum absolute atomic E-state index is 5.73. The number of piperidine rings is 1. The maximum atomic E-state index is 5.73. The molecule has 0 aliphatic carbocycles.